The lowest BCUT2D eigenvalue weighted by Gasteiger charge is -1.77. The number of hydrogen-bond donors (Lipinski definition) is 1. The first-order chi connectivity index (χ1) is 4.27. The molecular formula is C8H14O. The summed E-state index contributed by atoms with van der Waals surface area (Å²) in [7, 11) is 1.00. The molecule has 0 radical (unpaired) electrons. The topological polar surface area (TPSA) is 20.2 Å². The second kappa shape index (κ2) is 10.2. The van der Waals surface area contributed by atoms with Gasteiger partial charge in [0.25, 0.3) is 0 Å². The zero-order chi connectivity index (χ0) is 7.70. The van der Waals surface area contributed by atoms with E-state index in [9.17, 15) is 0 Å². The van der Waals surface area contributed by atoms with Gasteiger partial charge in [0.05, 0.1) is 0 Å². The van der Waals surface area contributed by atoms with E-state index < -0.39 is 0 Å². The Balaban J connectivity index is 0. The lowest BCUT2D eigenvalue weighted by molar-refractivity contribution is 0.399. The van der Waals surface area contributed by atoms with E-state index in [1.54, 1.807) is 6.08 Å². The Hall–Kier alpha value is -0.820. The van der Waals surface area contributed by atoms with Gasteiger partial charge in [0.15, 0.2) is 0 Å². The minimum Gasteiger partial charge on any atom is -0.400 e. The number of allylic oxidation sites excluding steroid dienone is 4. The van der Waals surface area contributed by atoms with E-state index in [0.29, 0.717) is 0 Å². The van der Waals surface area contributed by atoms with Crippen LogP contribution in [0.2, 0.25) is 0 Å². The molecule has 0 aliphatic carbocycles. The maximum Gasteiger partial charge on any atom is 0.0319 e. The third kappa shape index (κ3) is 19.1. The molecule has 1 nitrogen and oxygen atoms in total. The summed E-state index contributed by atoms with van der Waals surface area (Å²) in [6.45, 7) is 9.11. The van der Waals surface area contributed by atoms with E-state index in [1.165, 1.54) is 0 Å². The Bertz CT molecular complexity index is 101. The predicted molar refractivity (Wildman–Crippen MR) is 42.3 cm³/mol. The van der Waals surface area contributed by atoms with Gasteiger partial charge in [-0.15, -0.1) is 0 Å². The molecule has 0 bridgehead atoms. The van der Waals surface area contributed by atoms with Gasteiger partial charge in [-0.05, 0) is 6.92 Å². The molecule has 9 heavy (non-hydrogen) atoms. The molecular weight excluding hydrogens is 112 g/mol. The largest absolute Gasteiger partial charge is 0.400 e. The monoisotopic (exact) mass is 126 g/mol. The van der Waals surface area contributed by atoms with E-state index in [1.807, 2.05) is 19.1 Å². The molecule has 0 unspecified atom stereocenters. The standard InChI is InChI=1S/C7H10.CH4O/c1-4-5-6-7(2)3;1-2/h4-6H,1-2H2,3H3;2H,1H3/b6-5-;. The molecule has 0 fully saturated rings. The van der Waals surface area contributed by atoms with Crippen LogP contribution in [-0.4, -0.2) is 12.2 Å². The van der Waals surface area contributed by atoms with Crippen molar-refractivity contribution >= 4 is 0 Å². The summed E-state index contributed by atoms with van der Waals surface area (Å²) in [5.41, 5.74) is 1.06. The van der Waals surface area contributed by atoms with Crippen molar-refractivity contribution in [1.29, 1.82) is 0 Å². The average Bonchev–Trinajstić information content (AvgIpc) is 1.88. The Labute approximate surface area is 57.0 Å². The lowest BCUT2D eigenvalue weighted by Crippen LogP contribution is -1.55. The van der Waals surface area contributed by atoms with Crippen molar-refractivity contribution in [3.8, 4) is 0 Å². The van der Waals surface area contributed by atoms with Crippen molar-refractivity contribution in [3.05, 3.63) is 37.0 Å². The van der Waals surface area contributed by atoms with Crippen LogP contribution in [0.4, 0.5) is 0 Å². The van der Waals surface area contributed by atoms with Crippen LogP contribution in [0.1, 0.15) is 6.92 Å². The van der Waals surface area contributed by atoms with E-state index in [2.05, 4.69) is 13.2 Å². The first-order valence-electron chi connectivity index (χ1n) is 2.66. The summed E-state index contributed by atoms with van der Waals surface area (Å²) in [6, 6.07) is 0. The van der Waals surface area contributed by atoms with Crippen LogP contribution in [0.3, 0.4) is 0 Å². The van der Waals surface area contributed by atoms with Crippen LogP contribution in [0.15, 0.2) is 37.0 Å². The second-order valence-corrected chi connectivity index (χ2v) is 1.44. The molecule has 0 aromatic heterocycles. The Kier molecular flexibility index (Phi) is 12.5. The Morgan fingerprint density at radius 3 is 2.00 bits per heavy atom. The smallest absolute Gasteiger partial charge is 0.0319 e. The zero-order valence-corrected chi connectivity index (χ0v) is 6.09. The van der Waals surface area contributed by atoms with Crippen LogP contribution in [0.25, 0.3) is 0 Å². The summed E-state index contributed by atoms with van der Waals surface area (Å²) >= 11 is 0. The summed E-state index contributed by atoms with van der Waals surface area (Å²) < 4.78 is 0. The highest BCUT2D eigenvalue weighted by molar-refractivity contribution is 5.15. The molecule has 1 heteroatoms. The van der Waals surface area contributed by atoms with Gasteiger partial charge in [0.2, 0.25) is 0 Å². The SMILES string of the molecule is C=C/C=C\C(=C)C.CO. The first kappa shape index (κ1) is 11.0. The van der Waals surface area contributed by atoms with Gasteiger partial charge in [0, 0.05) is 7.11 Å². The summed E-state index contributed by atoms with van der Waals surface area (Å²) in [5.74, 6) is 0. The molecule has 0 saturated carbocycles. The van der Waals surface area contributed by atoms with E-state index in [4.69, 9.17) is 5.11 Å². The molecule has 0 aliphatic rings. The average molecular weight is 126 g/mol. The minimum atomic E-state index is 1.00. The third-order valence-corrected chi connectivity index (χ3v) is 0.517. The Morgan fingerprint density at radius 2 is 1.89 bits per heavy atom. The van der Waals surface area contributed by atoms with Gasteiger partial charge in [-0.25, -0.2) is 0 Å². The van der Waals surface area contributed by atoms with E-state index >= 15 is 0 Å². The van der Waals surface area contributed by atoms with Gasteiger partial charge in [-0.2, -0.15) is 0 Å². The maximum atomic E-state index is 7.00. The Morgan fingerprint density at radius 1 is 1.44 bits per heavy atom. The fraction of sp³-hybridized carbons (Fsp3) is 0.250. The van der Waals surface area contributed by atoms with Crippen LogP contribution in [-0.2, 0) is 0 Å². The molecule has 0 aliphatic heterocycles. The van der Waals surface area contributed by atoms with Crippen molar-refractivity contribution in [2.45, 2.75) is 6.92 Å². The molecule has 0 aromatic carbocycles. The van der Waals surface area contributed by atoms with Crippen molar-refractivity contribution in [3.63, 3.8) is 0 Å². The van der Waals surface area contributed by atoms with Gasteiger partial charge < -0.3 is 5.11 Å². The molecule has 0 atom stereocenters. The van der Waals surface area contributed by atoms with Crippen molar-refractivity contribution < 1.29 is 5.11 Å². The number of rotatable bonds is 2. The van der Waals surface area contributed by atoms with Gasteiger partial charge in [0.1, 0.15) is 0 Å². The number of aliphatic hydroxyl groups is 1. The molecule has 1 N–H and O–H groups in total. The molecule has 0 amide bonds. The quantitative estimate of drug-likeness (QED) is 0.560. The molecule has 0 spiro atoms. The van der Waals surface area contributed by atoms with E-state index in [-0.39, 0.29) is 0 Å². The maximum absolute atomic E-state index is 7.00. The number of hydrogen-bond acceptors (Lipinski definition) is 1. The third-order valence-electron chi connectivity index (χ3n) is 0.517. The highest BCUT2D eigenvalue weighted by atomic mass is 16.2. The van der Waals surface area contributed by atoms with Crippen LogP contribution in [0, 0.1) is 0 Å². The van der Waals surface area contributed by atoms with Gasteiger partial charge in [-0.1, -0.05) is 37.0 Å². The lowest BCUT2D eigenvalue weighted by atomic mass is 10.3. The van der Waals surface area contributed by atoms with Crippen molar-refractivity contribution in [2.75, 3.05) is 7.11 Å². The summed E-state index contributed by atoms with van der Waals surface area (Å²) in [5, 5.41) is 7.00. The summed E-state index contributed by atoms with van der Waals surface area (Å²) in [6.07, 6.45) is 5.50. The zero-order valence-electron chi connectivity index (χ0n) is 6.09. The summed E-state index contributed by atoms with van der Waals surface area (Å²) in [4.78, 5) is 0. The number of aliphatic hydroxyl groups excluding tert-OH is 1. The molecule has 0 heterocycles. The van der Waals surface area contributed by atoms with Crippen molar-refractivity contribution in [2.24, 2.45) is 0 Å². The molecule has 0 aromatic rings. The van der Waals surface area contributed by atoms with Crippen LogP contribution < -0.4 is 0 Å². The minimum absolute atomic E-state index is 1.00. The molecule has 52 valence electrons. The second-order valence-electron chi connectivity index (χ2n) is 1.44. The predicted octanol–water partition coefficient (Wildman–Crippen LogP) is 1.91. The van der Waals surface area contributed by atoms with Crippen LogP contribution in [0.5, 0.6) is 0 Å². The fourth-order valence-corrected chi connectivity index (χ4v) is 0.232. The first-order valence-corrected chi connectivity index (χ1v) is 2.66. The van der Waals surface area contributed by atoms with Gasteiger partial charge >= 0.3 is 0 Å². The highest BCUT2D eigenvalue weighted by Gasteiger charge is 1.65. The molecule has 0 saturated heterocycles. The van der Waals surface area contributed by atoms with Crippen molar-refractivity contribution in [1.82, 2.24) is 0 Å². The molecule has 0 rings (SSSR count). The fourth-order valence-electron chi connectivity index (χ4n) is 0.232. The van der Waals surface area contributed by atoms with Crippen LogP contribution >= 0.6 is 0 Å². The normalized spacial score (nSPS) is 7.89. The van der Waals surface area contributed by atoms with Gasteiger partial charge in [-0.3, -0.25) is 0 Å². The highest BCUT2D eigenvalue weighted by Crippen LogP contribution is 1.86. The van der Waals surface area contributed by atoms with E-state index in [0.717, 1.165) is 12.7 Å².